The molecular formula is C42H46N6O6. The van der Waals surface area contributed by atoms with E-state index in [1.54, 1.807) is 42.7 Å². The van der Waals surface area contributed by atoms with Crippen LogP contribution < -0.4 is 38.6 Å². The molecule has 280 valence electrons. The maximum atomic E-state index is 5.83. The fourth-order valence-corrected chi connectivity index (χ4v) is 7.23. The number of aromatic nitrogens is 4. The molecular weight excluding hydrogens is 684 g/mol. The standard InChI is InChI=1S/C42H46N6O6/c1-49-33-14-12-27(21-35(33)51-3)16-18-43-42-45-40-39(47(26-44-40)25-28-10-8-7-9-11-28)41(46-42)48-19-17-30-23-37(53-5)38(54-6)24-31(30)32(48)20-29-13-15-34(50-2)36(22-29)52-4/h7-15,21-24,26,32H,16-20,25H2,1-6H3,(H,43,45,46). The average Bonchev–Trinajstić information content (AvgIpc) is 3.62. The van der Waals surface area contributed by atoms with Crippen molar-refractivity contribution >= 4 is 22.9 Å². The van der Waals surface area contributed by atoms with E-state index in [0.717, 1.165) is 46.4 Å². The van der Waals surface area contributed by atoms with Crippen molar-refractivity contribution in [1.29, 1.82) is 0 Å². The normalized spacial score (nSPS) is 13.7. The Bertz CT molecular complexity index is 2230. The van der Waals surface area contributed by atoms with E-state index >= 15 is 0 Å². The van der Waals surface area contributed by atoms with Crippen LogP contribution in [0, 0.1) is 0 Å². The number of fused-ring (bicyclic) bond motifs is 2. The van der Waals surface area contributed by atoms with Crippen LogP contribution in [0.2, 0.25) is 0 Å². The van der Waals surface area contributed by atoms with Gasteiger partial charge in [0.2, 0.25) is 5.95 Å². The second kappa shape index (κ2) is 16.2. The summed E-state index contributed by atoms with van der Waals surface area (Å²) < 4.78 is 36.0. The largest absolute Gasteiger partial charge is 0.493 e. The molecule has 1 atom stereocenters. The molecule has 1 N–H and O–H groups in total. The third-order valence-corrected chi connectivity index (χ3v) is 9.95. The molecule has 0 spiro atoms. The first-order valence-corrected chi connectivity index (χ1v) is 17.9. The van der Waals surface area contributed by atoms with Crippen molar-refractivity contribution in [2.75, 3.05) is 66.0 Å². The molecule has 0 bridgehead atoms. The van der Waals surface area contributed by atoms with E-state index in [-0.39, 0.29) is 6.04 Å². The molecule has 1 aliphatic heterocycles. The van der Waals surface area contributed by atoms with Gasteiger partial charge in [-0.05, 0) is 83.5 Å². The molecule has 0 radical (unpaired) electrons. The summed E-state index contributed by atoms with van der Waals surface area (Å²) in [5.74, 6) is 5.44. The minimum Gasteiger partial charge on any atom is -0.493 e. The number of hydrogen-bond acceptors (Lipinski definition) is 11. The summed E-state index contributed by atoms with van der Waals surface area (Å²) in [7, 11) is 9.93. The highest BCUT2D eigenvalue weighted by Crippen LogP contribution is 2.43. The lowest BCUT2D eigenvalue weighted by Crippen LogP contribution is -2.38. The number of hydrogen-bond donors (Lipinski definition) is 1. The van der Waals surface area contributed by atoms with Crippen LogP contribution in [0.5, 0.6) is 34.5 Å². The fraction of sp³-hybridized carbons (Fsp3) is 0.310. The Labute approximate surface area is 315 Å². The Morgan fingerprint density at radius 3 is 1.98 bits per heavy atom. The first kappa shape index (κ1) is 36.2. The van der Waals surface area contributed by atoms with Crippen LogP contribution >= 0.6 is 0 Å². The summed E-state index contributed by atoms with van der Waals surface area (Å²) in [6, 6.07) is 26.5. The van der Waals surface area contributed by atoms with Crippen LogP contribution in [0.1, 0.15) is 33.9 Å². The van der Waals surface area contributed by atoms with Crippen molar-refractivity contribution < 1.29 is 28.4 Å². The topological polar surface area (TPSA) is 114 Å². The first-order chi connectivity index (χ1) is 26.5. The molecule has 2 aromatic heterocycles. The van der Waals surface area contributed by atoms with Crippen molar-refractivity contribution in [2.45, 2.75) is 31.8 Å². The maximum Gasteiger partial charge on any atom is 0.226 e. The lowest BCUT2D eigenvalue weighted by atomic mass is 9.88. The van der Waals surface area contributed by atoms with Gasteiger partial charge in [0.1, 0.15) is 5.52 Å². The molecule has 54 heavy (non-hydrogen) atoms. The Balaban J connectivity index is 1.32. The van der Waals surface area contributed by atoms with E-state index in [1.165, 1.54) is 5.56 Å². The number of anilines is 2. The number of nitrogens with one attached hydrogen (secondary N) is 1. The Kier molecular flexibility index (Phi) is 10.9. The Hall–Kier alpha value is -6.17. The Morgan fingerprint density at radius 1 is 0.667 bits per heavy atom. The van der Waals surface area contributed by atoms with E-state index in [4.69, 9.17) is 43.4 Å². The molecule has 12 heteroatoms. The van der Waals surface area contributed by atoms with Gasteiger partial charge in [0.05, 0.1) is 55.0 Å². The van der Waals surface area contributed by atoms with Gasteiger partial charge in [-0.3, -0.25) is 0 Å². The number of benzene rings is 4. The van der Waals surface area contributed by atoms with Gasteiger partial charge in [0, 0.05) is 19.6 Å². The lowest BCUT2D eigenvalue weighted by Gasteiger charge is -2.39. The predicted molar refractivity (Wildman–Crippen MR) is 209 cm³/mol. The van der Waals surface area contributed by atoms with Gasteiger partial charge in [-0.15, -0.1) is 0 Å². The molecule has 7 rings (SSSR count). The van der Waals surface area contributed by atoms with Crippen molar-refractivity contribution in [3.05, 3.63) is 113 Å². The second-order valence-electron chi connectivity index (χ2n) is 13.0. The maximum absolute atomic E-state index is 5.83. The Morgan fingerprint density at radius 2 is 1.30 bits per heavy atom. The highest BCUT2D eigenvalue weighted by Gasteiger charge is 2.33. The molecule has 12 nitrogen and oxygen atoms in total. The molecule has 4 aromatic carbocycles. The van der Waals surface area contributed by atoms with E-state index < -0.39 is 0 Å². The summed E-state index contributed by atoms with van der Waals surface area (Å²) in [6.45, 7) is 1.92. The van der Waals surface area contributed by atoms with Gasteiger partial charge in [-0.2, -0.15) is 9.97 Å². The monoisotopic (exact) mass is 730 g/mol. The van der Waals surface area contributed by atoms with Gasteiger partial charge in [0.25, 0.3) is 0 Å². The summed E-state index contributed by atoms with van der Waals surface area (Å²) >= 11 is 0. The number of nitrogens with zero attached hydrogens (tertiary/aromatic N) is 5. The molecule has 0 fully saturated rings. The van der Waals surface area contributed by atoms with Crippen LogP contribution in [-0.2, 0) is 25.8 Å². The zero-order valence-corrected chi connectivity index (χ0v) is 31.6. The van der Waals surface area contributed by atoms with Crippen molar-refractivity contribution in [3.63, 3.8) is 0 Å². The summed E-state index contributed by atoms with van der Waals surface area (Å²) in [4.78, 5) is 17.4. The number of ether oxygens (including phenoxy) is 6. The SMILES string of the molecule is COc1ccc(CCNc2nc(N3CCc4cc(OC)c(OC)cc4C3Cc3ccc(OC)c(OC)c3)c3c(ncn3Cc3ccccc3)n2)cc1OC. The van der Waals surface area contributed by atoms with E-state index in [9.17, 15) is 0 Å². The summed E-state index contributed by atoms with van der Waals surface area (Å²) in [6.07, 6.45) is 4.01. The van der Waals surface area contributed by atoms with Crippen LogP contribution in [0.4, 0.5) is 11.8 Å². The van der Waals surface area contributed by atoms with Gasteiger partial charge >= 0.3 is 0 Å². The summed E-state index contributed by atoms with van der Waals surface area (Å²) in [5.41, 5.74) is 7.16. The van der Waals surface area contributed by atoms with E-state index in [2.05, 4.69) is 57.2 Å². The van der Waals surface area contributed by atoms with Crippen molar-refractivity contribution in [2.24, 2.45) is 0 Å². The van der Waals surface area contributed by atoms with Crippen LogP contribution in [0.3, 0.4) is 0 Å². The number of methoxy groups -OCH3 is 6. The molecule has 3 heterocycles. The van der Waals surface area contributed by atoms with Gasteiger partial charge in [-0.25, -0.2) is 4.98 Å². The highest BCUT2D eigenvalue weighted by molar-refractivity contribution is 5.86. The molecule has 0 aliphatic carbocycles. The third-order valence-electron chi connectivity index (χ3n) is 9.95. The number of imidazole rings is 1. The summed E-state index contributed by atoms with van der Waals surface area (Å²) in [5, 5.41) is 3.50. The quantitative estimate of drug-likeness (QED) is 0.119. The van der Waals surface area contributed by atoms with E-state index in [0.29, 0.717) is 72.1 Å². The number of rotatable bonds is 15. The zero-order chi connectivity index (χ0) is 37.6. The van der Waals surface area contributed by atoms with Gasteiger partial charge in [-0.1, -0.05) is 42.5 Å². The smallest absolute Gasteiger partial charge is 0.226 e. The third kappa shape index (κ3) is 7.36. The van der Waals surface area contributed by atoms with Crippen molar-refractivity contribution in [3.8, 4) is 34.5 Å². The molecule has 0 amide bonds. The van der Waals surface area contributed by atoms with Crippen molar-refractivity contribution in [1.82, 2.24) is 19.5 Å². The first-order valence-electron chi connectivity index (χ1n) is 17.9. The molecule has 0 saturated carbocycles. The molecule has 6 aromatic rings. The van der Waals surface area contributed by atoms with E-state index in [1.807, 2.05) is 42.7 Å². The molecule has 1 unspecified atom stereocenters. The van der Waals surface area contributed by atoms with Crippen LogP contribution in [0.25, 0.3) is 11.2 Å². The fourth-order valence-electron chi connectivity index (χ4n) is 7.23. The second-order valence-corrected chi connectivity index (χ2v) is 13.0. The van der Waals surface area contributed by atoms with Gasteiger partial charge in [0.15, 0.2) is 46.0 Å². The minimum absolute atomic E-state index is 0.135. The van der Waals surface area contributed by atoms with Crippen LogP contribution in [-0.4, -0.2) is 75.3 Å². The lowest BCUT2D eigenvalue weighted by molar-refractivity contribution is 0.352. The van der Waals surface area contributed by atoms with Gasteiger partial charge < -0.3 is 43.2 Å². The molecule has 1 aliphatic rings. The van der Waals surface area contributed by atoms with Crippen LogP contribution in [0.15, 0.2) is 85.2 Å². The predicted octanol–water partition coefficient (Wildman–Crippen LogP) is 6.93. The minimum atomic E-state index is -0.135. The average molecular weight is 731 g/mol. The highest BCUT2D eigenvalue weighted by atomic mass is 16.5. The zero-order valence-electron chi connectivity index (χ0n) is 31.6. The molecule has 0 saturated heterocycles.